The van der Waals surface area contributed by atoms with Gasteiger partial charge >= 0.3 is 0 Å². The zero-order valence-electron chi connectivity index (χ0n) is 12.1. The molecule has 1 aliphatic rings. The van der Waals surface area contributed by atoms with Crippen molar-refractivity contribution >= 4 is 17.3 Å². The Morgan fingerprint density at radius 3 is 2.29 bits per heavy atom. The fourth-order valence-corrected chi connectivity index (χ4v) is 3.08. The molecule has 1 heterocycles. The highest BCUT2D eigenvalue weighted by molar-refractivity contribution is 6.30. The van der Waals surface area contributed by atoms with E-state index in [1.807, 2.05) is 12.1 Å². The summed E-state index contributed by atoms with van der Waals surface area (Å²) < 4.78 is 0. The number of hydrogen-bond donors (Lipinski definition) is 1. The summed E-state index contributed by atoms with van der Waals surface area (Å²) in [7, 11) is 0. The molecule has 0 radical (unpaired) electrons. The summed E-state index contributed by atoms with van der Waals surface area (Å²) in [6, 6.07) is 19.5. The van der Waals surface area contributed by atoms with Gasteiger partial charge in [0.2, 0.25) is 0 Å². The van der Waals surface area contributed by atoms with Crippen LogP contribution in [0.4, 0.5) is 5.69 Å². The molecular formula is C18H21ClN2. The summed E-state index contributed by atoms with van der Waals surface area (Å²) >= 11 is 5.99. The van der Waals surface area contributed by atoms with Crippen molar-refractivity contribution in [2.45, 2.75) is 25.4 Å². The van der Waals surface area contributed by atoms with Gasteiger partial charge in [-0.05, 0) is 55.8 Å². The molecule has 3 rings (SSSR count). The molecule has 0 saturated carbocycles. The molecule has 2 nitrogen and oxygen atoms in total. The van der Waals surface area contributed by atoms with Crippen molar-refractivity contribution in [3.8, 4) is 0 Å². The second-order valence-electron chi connectivity index (χ2n) is 5.57. The smallest absolute Gasteiger partial charge is 0.0432 e. The number of benzene rings is 2. The van der Waals surface area contributed by atoms with Crippen LogP contribution in [-0.4, -0.2) is 19.1 Å². The molecule has 21 heavy (non-hydrogen) atoms. The lowest BCUT2D eigenvalue weighted by molar-refractivity contribution is 0.428. The summed E-state index contributed by atoms with van der Waals surface area (Å²) in [4.78, 5) is 2.53. The van der Waals surface area contributed by atoms with E-state index >= 15 is 0 Å². The number of para-hydroxylation sites is 1. The van der Waals surface area contributed by atoms with Gasteiger partial charge in [-0.25, -0.2) is 0 Å². The molecule has 1 fully saturated rings. The summed E-state index contributed by atoms with van der Waals surface area (Å²) in [5.74, 6) is 0. The first-order valence-corrected chi connectivity index (χ1v) is 7.97. The Labute approximate surface area is 131 Å². The summed E-state index contributed by atoms with van der Waals surface area (Å²) in [6.45, 7) is 3.15. The number of anilines is 1. The number of piperidine rings is 1. The van der Waals surface area contributed by atoms with Gasteiger partial charge in [-0.2, -0.15) is 0 Å². The van der Waals surface area contributed by atoms with E-state index in [1.54, 1.807) is 0 Å². The van der Waals surface area contributed by atoms with Gasteiger partial charge in [0.1, 0.15) is 0 Å². The van der Waals surface area contributed by atoms with Gasteiger partial charge in [-0.15, -0.1) is 0 Å². The van der Waals surface area contributed by atoms with Crippen LogP contribution in [0.25, 0.3) is 0 Å². The summed E-state index contributed by atoms with van der Waals surface area (Å²) in [5.41, 5.74) is 2.61. The maximum absolute atomic E-state index is 5.99. The number of nitrogens with one attached hydrogen (secondary N) is 1. The Bertz CT molecular complexity index is 547. The third-order valence-electron chi connectivity index (χ3n) is 4.10. The predicted octanol–water partition coefficient (Wildman–Crippen LogP) is 4.10. The molecule has 0 unspecified atom stereocenters. The van der Waals surface area contributed by atoms with Gasteiger partial charge in [0.05, 0.1) is 0 Å². The van der Waals surface area contributed by atoms with E-state index in [9.17, 15) is 0 Å². The minimum atomic E-state index is 0.601. The highest BCUT2D eigenvalue weighted by Crippen LogP contribution is 2.24. The third kappa shape index (κ3) is 3.78. The maximum atomic E-state index is 5.99. The average Bonchev–Trinajstić information content (AvgIpc) is 2.56. The highest BCUT2D eigenvalue weighted by atomic mass is 35.5. The van der Waals surface area contributed by atoms with Crippen LogP contribution in [-0.2, 0) is 6.54 Å². The molecule has 110 valence electrons. The molecular weight excluding hydrogens is 280 g/mol. The fourth-order valence-electron chi connectivity index (χ4n) is 2.96. The third-order valence-corrected chi connectivity index (χ3v) is 4.36. The first-order chi connectivity index (χ1) is 10.3. The monoisotopic (exact) mass is 300 g/mol. The lowest BCUT2D eigenvalue weighted by Gasteiger charge is -2.36. The minimum absolute atomic E-state index is 0.601. The van der Waals surface area contributed by atoms with Crippen LogP contribution < -0.4 is 10.2 Å². The number of nitrogens with zero attached hydrogens (tertiary/aromatic N) is 1. The lowest BCUT2D eigenvalue weighted by Crippen LogP contribution is -2.42. The summed E-state index contributed by atoms with van der Waals surface area (Å²) in [5, 5.41) is 4.25. The van der Waals surface area contributed by atoms with Crippen LogP contribution in [0.1, 0.15) is 18.4 Å². The number of halogens is 1. The first kappa shape index (κ1) is 14.4. The van der Waals surface area contributed by atoms with Crippen LogP contribution in [0.15, 0.2) is 54.6 Å². The van der Waals surface area contributed by atoms with E-state index in [-0.39, 0.29) is 0 Å². The van der Waals surface area contributed by atoms with E-state index in [2.05, 4.69) is 52.7 Å². The zero-order chi connectivity index (χ0) is 14.5. The normalized spacial score (nSPS) is 15.9. The molecule has 2 aromatic carbocycles. The Morgan fingerprint density at radius 2 is 1.62 bits per heavy atom. The largest absolute Gasteiger partial charge is 0.364 e. The van der Waals surface area contributed by atoms with Gasteiger partial charge in [0, 0.05) is 23.3 Å². The van der Waals surface area contributed by atoms with Crippen LogP contribution in [0.5, 0.6) is 0 Å². The highest BCUT2D eigenvalue weighted by Gasteiger charge is 2.21. The van der Waals surface area contributed by atoms with Gasteiger partial charge in [-0.1, -0.05) is 41.9 Å². The second-order valence-corrected chi connectivity index (χ2v) is 6.01. The molecule has 0 aliphatic carbocycles. The van der Waals surface area contributed by atoms with Crippen molar-refractivity contribution in [2.24, 2.45) is 0 Å². The van der Waals surface area contributed by atoms with Crippen molar-refractivity contribution < 1.29 is 0 Å². The van der Waals surface area contributed by atoms with Crippen LogP contribution >= 0.6 is 11.6 Å². The summed E-state index contributed by atoms with van der Waals surface area (Å²) in [6.07, 6.45) is 2.39. The van der Waals surface area contributed by atoms with E-state index in [0.29, 0.717) is 6.04 Å². The van der Waals surface area contributed by atoms with Crippen LogP contribution in [0, 0.1) is 0 Å². The molecule has 1 N–H and O–H groups in total. The van der Waals surface area contributed by atoms with E-state index in [4.69, 9.17) is 11.6 Å². The van der Waals surface area contributed by atoms with Gasteiger partial charge in [-0.3, -0.25) is 0 Å². The quantitative estimate of drug-likeness (QED) is 0.914. The van der Waals surface area contributed by atoms with Crippen molar-refractivity contribution in [3.05, 3.63) is 65.2 Å². The molecule has 2 aromatic rings. The molecule has 0 amide bonds. The predicted molar refractivity (Wildman–Crippen MR) is 90.0 cm³/mol. The van der Waals surface area contributed by atoms with Crippen molar-refractivity contribution in [1.82, 2.24) is 5.32 Å². The molecule has 3 heteroatoms. The Kier molecular flexibility index (Phi) is 4.79. The van der Waals surface area contributed by atoms with Crippen LogP contribution in [0.3, 0.4) is 0 Å². The number of rotatable bonds is 4. The topological polar surface area (TPSA) is 15.3 Å². The molecule has 0 atom stereocenters. The lowest BCUT2D eigenvalue weighted by atomic mass is 10.0. The first-order valence-electron chi connectivity index (χ1n) is 7.60. The fraction of sp³-hybridized carbons (Fsp3) is 0.333. The zero-order valence-corrected chi connectivity index (χ0v) is 12.9. The van der Waals surface area contributed by atoms with E-state index < -0.39 is 0 Å². The Balaban J connectivity index is 1.83. The second kappa shape index (κ2) is 6.97. The van der Waals surface area contributed by atoms with E-state index in [1.165, 1.54) is 24.1 Å². The SMILES string of the molecule is Clc1ccc(CN(c2ccccc2)C2CCNCC2)cc1. The minimum Gasteiger partial charge on any atom is -0.364 e. The Hall–Kier alpha value is -1.51. The molecule has 1 aliphatic heterocycles. The van der Waals surface area contributed by atoms with Crippen molar-refractivity contribution in [3.63, 3.8) is 0 Å². The Morgan fingerprint density at radius 1 is 0.952 bits per heavy atom. The van der Waals surface area contributed by atoms with Gasteiger partial charge in [0.25, 0.3) is 0 Å². The molecule has 1 saturated heterocycles. The van der Waals surface area contributed by atoms with Crippen molar-refractivity contribution in [1.29, 1.82) is 0 Å². The van der Waals surface area contributed by atoms with Crippen LogP contribution in [0.2, 0.25) is 5.02 Å². The molecule has 0 spiro atoms. The number of hydrogen-bond acceptors (Lipinski definition) is 2. The van der Waals surface area contributed by atoms with E-state index in [0.717, 1.165) is 24.7 Å². The molecule has 0 aromatic heterocycles. The average molecular weight is 301 g/mol. The molecule has 0 bridgehead atoms. The van der Waals surface area contributed by atoms with Crippen molar-refractivity contribution in [2.75, 3.05) is 18.0 Å². The standard InChI is InChI=1S/C18H21ClN2/c19-16-8-6-15(7-9-16)14-21(17-4-2-1-3-5-17)18-10-12-20-13-11-18/h1-9,18,20H,10-14H2. The van der Waals surface area contributed by atoms with Gasteiger partial charge < -0.3 is 10.2 Å². The van der Waals surface area contributed by atoms with Gasteiger partial charge in [0.15, 0.2) is 0 Å². The maximum Gasteiger partial charge on any atom is 0.0432 e.